The van der Waals surface area contributed by atoms with E-state index in [4.69, 9.17) is 24.8 Å². The van der Waals surface area contributed by atoms with Gasteiger partial charge >= 0.3 is 17.9 Å². The molecule has 10 nitrogen and oxygen atoms in total. The number of aliphatic hydroxyl groups is 4. The molecular formula is C30H44O10. The largest absolute Gasteiger partial charge is 0.481 e. The summed E-state index contributed by atoms with van der Waals surface area (Å²) in [5.74, 6) is -2.44. The molecule has 0 unspecified atom stereocenters. The number of aryl methyl sites for hydroxylation is 1. The average Bonchev–Trinajstić information content (AvgIpc) is 3.21. The highest BCUT2D eigenvalue weighted by Crippen LogP contribution is 2.39. The third kappa shape index (κ3) is 12.6. The van der Waals surface area contributed by atoms with Gasteiger partial charge in [0.05, 0.1) is 38.3 Å². The Labute approximate surface area is 235 Å². The zero-order valence-corrected chi connectivity index (χ0v) is 23.0. The van der Waals surface area contributed by atoms with Gasteiger partial charge in [0, 0.05) is 6.42 Å². The minimum atomic E-state index is -1.03. The van der Waals surface area contributed by atoms with E-state index in [0.717, 1.165) is 5.56 Å². The van der Waals surface area contributed by atoms with E-state index < -0.39 is 55.5 Å². The summed E-state index contributed by atoms with van der Waals surface area (Å²) in [6.45, 7) is -1.03. The number of rotatable bonds is 19. The van der Waals surface area contributed by atoms with Crippen molar-refractivity contribution in [3.8, 4) is 0 Å². The summed E-state index contributed by atoms with van der Waals surface area (Å²) < 4.78 is 10.6. The minimum absolute atomic E-state index is 0.105. The lowest BCUT2D eigenvalue weighted by Crippen LogP contribution is -2.27. The third-order valence-corrected chi connectivity index (χ3v) is 7.31. The van der Waals surface area contributed by atoms with Crippen LogP contribution in [0.1, 0.15) is 69.8 Å². The molecule has 10 heteroatoms. The van der Waals surface area contributed by atoms with Crippen LogP contribution in [0.5, 0.6) is 0 Å². The van der Waals surface area contributed by atoms with E-state index in [1.807, 2.05) is 42.5 Å². The normalized spacial score (nSPS) is 21.5. The van der Waals surface area contributed by atoms with E-state index in [2.05, 4.69) is 0 Å². The number of carboxylic acids is 1. The molecule has 0 aromatic heterocycles. The Morgan fingerprint density at radius 3 is 2.10 bits per heavy atom. The van der Waals surface area contributed by atoms with Gasteiger partial charge in [0.15, 0.2) is 0 Å². The van der Waals surface area contributed by atoms with Crippen molar-refractivity contribution in [2.75, 3.05) is 13.2 Å². The van der Waals surface area contributed by atoms with E-state index in [-0.39, 0.29) is 37.5 Å². The van der Waals surface area contributed by atoms with Gasteiger partial charge in [-0.05, 0) is 68.8 Å². The molecule has 0 saturated heterocycles. The van der Waals surface area contributed by atoms with Gasteiger partial charge < -0.3 is 35.0 Å². The maximum Gasteiger partial charge on any atom is 0.306 e. The molecular weight excluding hydrogens is 520 g/mol. The number of carbonyl (C=O) groups is 3. The van der Waals surface area contributed by atoms with Gasteiger partial charge in [-0.1, -0.05) is 42.5 Å². The maximum absolute atomic E-state index is 12.6. The Morgan fingerprint density at radius 1 is 0.850 bits per heavy atom. The van der Waals surface area contributed by atoms with Crippen LogP contribution in [0.25, 0.3) is 0 Å². The Kier molecular flexibility index (Phi) is 15.5. The molecule has 1 aliphatic rings. The summed E-state index contributed by atoms with van der Waals surface area (Å²) in [4.78, 5) is 35.1. The first kappa shape index (κ1) is 33.4. The van der Waals surface area contributed by atoms with Gasteiger partial charge in [-0.25, -0.2) is 0 Å². The summed E-state index contributed by atoms with van der Waals surface area (Å²) in [5.41, 5.74) is 1.09. The van der Waals surface area contributed by atoms with Crippen molar-refractivity contribution >= 4 is 17.9 Å². The van der Waals surface area contributed by atoms with Crippen LogP contribution in [0.15, 0.2) is 42.5 Å². The lowest BCUT2D eigenvalue weighted by Gasteiger charge is -2.25. The van der Waals surface area contributed by atoms with Crippen molar-refractivity contribution in [3.63, 3.8) is 0 Å². The molecule has 5 atom stereocenters. The van der Waals surface area contributed by atoms with Crippen LogP contribution in [0.2, 0.25) is 0 Å². The van der Waals surface area contributed by atoms with Crippen molar-refractivity contribution in [1.29, 1.82) is 0 Å². The highest BCUT2D eigenvalue weighted by atomic mass is 16.6. The summed E-state index contributed by atoms with van der Waals surface area (Å²) >= 11 is 0. The second kappa shape index (κ2) is 18.5. The molecule has 0 heterocycles. The second-order valence-electron chi connectivity index (χ2n) is 10.4. The number of ether oxygens (including phenoxy) is 2. The molecule has 0 radical (unpaired) electrons. The Morgan fingerprint density at radius 2 is 1.48 bits per heavy atom. The number of unbranched alkanes of at least 4 members (excludes halogenated alkanes) is 1. The van der Waals surface area contributed by atoms with Crippen LogP contribution < -0.4 is 0 Å². The number of hydrogen-bond acceptors (Lipinski definition) is 9. The van der Waals surface area contributed by atoms with Crippen molar-refractivity contribution in [3.05, 3.63) is 48.0 Å². The van der Waals surface area contributed by atoms with Crippen molar-refractivity contribution < 1.29 is 49.4 Å². The van der Waals surface area contributed by atoms with E-state index in [0.29, 0.717) is 44.9 Å². The number of benzene rings is 1. The molecule has 0 aliphatic heterocycles. The van der Waals surface area contributed by atoms with Gasteiger partial charge in [0.25, 0.3) is 0 Å². The van der Waals surface area contributed by atoms with Crippen molar-refractivity contribution in [2.45, 2.75) is 95.0 Å². The van der Waals surface area contributed by atoms with E-state index in [1.54, 1.807) is 0 Å². The van der Waals surface area contributed by atoms with Crippen molar-refractivity contribution in [2.24, 2.45) is 11.8 Å². The predicted molar refractivity (Wildman–Crippen MR) is 146 cm³/mol. The average molecular weight is 565 g/mol. The first-order valence-corrected chi connectivity index (χ1v) is 14.1. The molecule has 0 amide bonds. The lowest BCUT2D eigenvalue weighted by molar-refractivity contribution is -0.158. The Hall–Kier alpha value is -2.79. The minimum Gasteiger partial charge on any atom is -0.481 e. The fraction of sp³-hybridized carbons (Fsp3) is 0.633. The molecule has 1 saturated carbocycles. The molecule has 5 N–H and O–H groups in total. The van der Waals surface area contributed by atoms with Crippen molar-refractivity contribution in [1.82, 2.24) is 0 Å². The molecule has 40 heavy (non-hydrogen) atoms. The Balaban J connectivity index is 1.94. The van der Waals surface area contributed by atoms with Gasteiger partial charge in [0.1, 0.15) is 12.2 Å². The molecule has 0 spiro atoms. The highest BCUT2D eigenvalue weighted by Gasteiger charge is 2.40. The molecule has 1 aliphatic carbocycles. The second-order valence-corrected chi connectivity index (χ2v) is 10.4. The number of carbonyl (C=O) groups excluding carboxylic acids is 2. The van der Waals surface area contributed by atoms with Crippen LogP contribution in [0.3, 0.4) is 0 Å². The quantitative estimate of drug-likeness (QED) is 0.0955. The number of hydrogen-bond donors (Lipinski definition) is 5. The summed E-state index contributed by atoms with van der Waals surface area (Å²) in [7, 11) is 0. The van der Waals surface area contributed by atoms with Gasteiger partial charge in [0.2, 0.25) is 0 Å². The standard InChI is InChI=1S/C30H44O10/c31-19-23(20-32)40-30(38)17-16-29(37)39-22(13-12-21-8-4-3-5-9-21)14-15-25-24(26(33)18-27(25)34)10-6-1-2-7-11-28(35)36/h1,3-6,8-9,22-27,31-34H,2,7,10-20H2,(H,35,36)/b6-1-/t22-,24+,25+,26-,27+/m0/s1. The first-order chi connectivity index (χ1) is 19.2. The van der Waals surface area contributed by atoms with Crippen LogP contribution in [-0.2, 0) is 30.3 Å². The predicted octanol–water partition coefficient (Wildman–Crippen LogP) is 2.55. The number of aliphatic carboxylic acids is 1. The summed E-state index contributed by atoms with van der Waals surface area (Å²) in [5, 5.41) is 48.0. The zero-order valence-electron chi connectivity index (χ0n) is 23.0. The SMILES string of the molecule is O=C(O)CCC/C=C\C[C@@H]1[C@@H](CC[C@H](CCc2ccccc2)OC(=O)CCC(=O)OC(CO)CO)[C@H](O)C[C@@H]1O. The third-order valence-electron chi connectivity index (χ3n) is 7.31. The fourth-order valence-corrected chi connectivity index (χ4v) is 5.09. The monoisotopic (exact) mass is 564 g/mol. The number of aliphatic hydroxyl groups excluding tert-OH is 4. The smallest absolute Gasteiger partial charge is 0.306 e. The van der Waals surface area contributed by atoms with E-state index in [1.165, 1.54) is 0 Å². The van der Waals surface area contributed by atoms with E-state index >= 15 is 0 Å². The summed E-state index contributed by atoms with van der Waals surface area (Å²) in [6, 6.07) is 9.77. The molecule has 1 aromatic carbocycles. The highest BCUT2D eigenvalue weighted by molar-refractivity contribution is 5.77. The lowest BCUT2D eigenvalue weighted by atomic mass is 9.85. The number of esters is 2. The van der Waals surface area contributed by atoms with Crippen LogP contribution in [-0.4, -0.2) is 81.1 Å². The molecule has 0 bridgehead atoms. The molecule has 224 valence electrons. The molecule has 2 rings (SSSR count). The van der Waals surface area contributed by atoms with Crippen LogP contribution in [0.4, 0.5) is 0 Å². The maximum atomic E-state index is 12.6. The van der Waals surface area contributed by atoms with Crippen LogP contribution >= 0.6 is 0 Å². The number of allylic oxidation sites excluding steroid dienone is 2. The topological polar surface area (TPSA) is 171 Å². The van der Waals surface area contributed by atoms with Gasteiger partial charge in [-0.2, -0.15) is 0 Å². The van der Waals surface area contributed by atoms with Crippen LogP contribution in [0, 0.1) is 11.8 Å². The van der Waals surface area contributed by atoms with Gasteiger partial charge in [-0.3, -0.25) is 14.4 Å². The zero-order chi connectivity index (χ0) is 29.3. The fourth-order valence-electron chi connectivity index (χ4n) is 5.09. The Bertz CT molecular complexity index is 914. The molecule has 1 aromatic rings. The molecule has 1 fully saturated rings. The summed E-state index contributed by atoms with van der Waals surface area (Å²) in [6.07, 6.45) is 4.97. The van der Waals surface area contributed by atoms with Gasteiger partial charge in [-0.15, -0.1) is 0 Å². The number of carboxylic acid groups (broad SMARTS) is 1. The first-order valence-electron chi connectivity index (χ1n) is 14.1. The van der Waals surface area contributed by atoms with E-state index in [9.17, 15) is 24.6 Å².